The summed E-state index contributed by atoms with van der Waals surface area (Å²) in [5, 5.41) is 0. The number of pyridine rings is 1. The first-order valence-electron chi connectivity index (χ1n) is 8.73. The van der Waals surface area contributed by atoms with E-state index in [9.17, 15) is 0 Å². The average molecular weight is 302 g/mol. The molecule has 0 N–H and O–H groups in total. The molecule has 4 nitrogen and oxygen atoms in total. The molecule has 0 bridgehead atoms. The van der Waals surface area contributed by atoms with Gasteiger partial charge in [0.15, 0.2) is 0 Å². The molecule has 1 atom stereocenters. The molecule has 1 aliphatic carbocycles. The summed E-state index contributed by atoms with van der Waals surface area (Å²) in [4.78, 5) is 7.00. The molecule has 120 valence electrons. The highest BCUT2D eigenvalue weighted by Gasteiger charge is 2.44. The Morgan fingerprint density at radius 3 is 2.82 bits per heavy atom. The Morgan fingerprint density at radius 1 is 1.27 bits per heavy atom. The van der Waals surface area contributed by atoms with Crippen molar-refractivity contribution in [3.05, 3.63) is 30.1 Å². The van der Waals surface area contributed by atoms with Crippen molar-refractivity contribution in [3.63, 3.8) is 0 Å². The van der Waals surface area contributed by atoms with E-state index in [1.807, 2.05) is 24.4 Å². The zero-order chi connectivity index (χ0) is 14.8. The van der Waals surface area contributed by atoms with E-state index in [-0.39, 0.29) is 11.7 Å². The van der Waals surface area contributed by atoms with Gasteiger partial charge in [0, 0.05) is 31.7 Å². The fourth-order valence-electron chi connectivity index (χ4n) is 3.99. The largest absolute Gasteiger partial charge is 0.372 e. The Hall–Kier alpha value is -0.970. The number of piperidine rings is 1. The third-order valence-electron chi connectivity index (χ3n) is 5.67. The molecule has 4 rings (SSSR count). The molecule has 3 heterocycles. The van der Waals surface area contributed by atoms with Crippen LogP contribution in [0.1, 0.15) is 44.2 Å². The van der Waals surface area contributed by atoms with E-state index in [0.717, 1.165) is 24.8 Å². The zero-order valence-electron chi connectivity index (χ0n) is 13.2. The predicted molar refractivity (Wildman–Crippen MR) is 84.6 cm³/mol. The lowest BCUT2D eigenvalue weighted by Crippen LogP contribution is -2.50. The van der Waals surface area contributed by atoms with Crippen molar-refractivity contribution in [2.24, 2.45) is 0 Å². The van der Waals surface area contributed by atoms with Gasteiger partial charge in [-0.2, -0.15) is 0 Å². The zero-order valence-corrected chi connectivity index (χ0v) is 13.2. The minimum Gasteiger partial charge on any atom is -0.372 e. The second-order valence-electron chi connectivity index (χ2n) is 7.07. The minimum absolute atomic E-state index is 0.0923. The fraction of sp³-hybridized carbons (Fsp3) is 0.722. The lowest BCUT2D eigenvalue weighted by atomic mass is 9.84. The first-order chi connectivity index (χ1) is 10.8. The van der Waals surface area contributed by atoms with Gasteiger partial charge in [0.25, 0.3) is 0 Å². The number of hydrogen-bond acceptors (Lipinski definition) is 4. The molecule has 1 aromatic heterocycles. The highest BCUT2D eigenvalue weighted by Crippen LogP contribution is 2.39. The highest BCUT2D eigenvalue weighted by atomic mass is 16.6. The molecule has 3 fully saturated rings. The summed E-state index contributed by atoms with van der Waals surface area (Å²) in [6.45, 7) is 3.75. The van der Waals surface area contributed by atoms with Crippen LogP contribution in [0.3, 0.4) is 0 Å². The van der Waals surface area contributed by atoms with E-state index in [2.05, 4.69) is 9.88 Å². The molecular weight excluding hydrogens is 276 g/mol. The first-order valence-corrected chi connectivity index (χ1v) is 8.73. The lowest BCUT2D eigenvalue weighted by molar-refractivity contribution is -0.0585. The van der Waals surface area contributed by atoms with Crippen LogP contribution in [-0.2, 0) is 16.1 Å². The lowest BCUT2D eigenvalue weighted by Gasteiger charge is -2.45. The molecule has 1 aromatic rings. The van der Waals surface area contributed by atoms with Gasteiger partial charge in [0.2, 0.25) is 0 Å². The van der Waals surface area contributed by atoms with Crippen LogP contribution in [-0.4, -0.2) is 47.3 Å². The van der Waals surface area contributed by atoms with Gasteiger partial charge >= 0.3 is 0 Å². The molecule has 0 amide bonds. The summed E-state index contributed by atoms with van der Waals surface area (Å²) in [6, 6.07) is 6.83. The van der Waals surface area contributed by atoms with Crippen LogP contribution in [0.2, 0.25) is 0 Å². The van der Waals surface area contributed by atoms with Gasteiger partial charge in [-0.3, -0.25) is 4.98 Å². The van der Waals surface area contributed by atoms with Crippen molar-refractivity contribution in [3.8, 4) is 0 Å². The summed E-state index contributed by atoms with van der Waals surface area (Å²) in [5.41, 5.74) is 1.10. The van der Waals surface area contributed by atoms with Gasteiger partial charge in [-0.1, -0.05) is 12.5 Å². The van der Waals surface area contributed by atoms with Crippen LogP contribution in [0.4, 0.5) is 0 Å². The number of ether oxygens (including phenoxy) is 2. The summed E-state index contributed by atoms with van der Waals surface area (Å²) < 4.78 is 12.2. The highest BCUT2D eigenvalue weighted by molar-refractivity contribution is 5.02. The Labute approximate surface area is 132 Å². The maximum absolute atomic E-state index is 6.19. The van der Waals surface area contributed by atoms with Crippen LogP contribution in [0, 0.1) is 0 Å². The Bertz CT molecular complexity index is 481. The second-order valence-corrected chi connectivity index (χ2v) is 7.07. The molecule has 2 saturated heterocycles. The van der Waals surface area contributed by atoms with Crippen LogP contribution in [0.15, 0.2) is 24.4 Å². The van der Waals surface area contributed by atoms with Gasteiger partial charge in [-0.05, 0) is 37.8 Å². The van der Waals surface area contributed by atoms with E-state index in [0.29, 0.717) is 6.61 Å². The van der Waals surface area contributed by atoms with Gasteiger partial charge in [-0.25, -0.2) is 0 Å². The molecule has 4 heteroatoms. The Morgan fingerprint density at radius 2 is 2.14 bits per heavy atom. The monoisotopic (exact) mass is 302 g/mol. The molecule has 1 spiro atoms. The standard InChI is InChI=1S/C18H26N2O2/c1-2-9-19-15(4-1)13-21-17-12-18(22-14-17)7-10-20(11-8-18)16-5-3-6-16/h1-2,4,9,16-17H,3,5-8,10-14H2/t17-/m0/s1. The van der Waals surface area contributed by atoms with E-state index in [1.165, 1.54) is 45.2 Å². The molecule has 0 radical (unpaired) electrons. The molecule has 2 aliphatic heterocycles. The van der Waals surface area contributed by atoms with Crippen molar-refractivity contribution >= 4 is 0 Å². The van der Waals surface area contributed by atoms with E-state index >= 15 is 0 Å². The van der Waals surface area contributed by atoms with Crippen LogP contribution < -0.4 is 0 Å². The van der Waals surface area contributed by atoms with Gasteiger partial charge in [-0.15, -0.1) is 0 Å². The predicted octanol–water partition coefficient (Wildman–Crippen LogP) is 2.77. The van der Waals surface area contributed by atoms with Crippen molar-refractivity contribution in [1.82, 2.24) is 9.88 Å². The van der Waals surface area contributed by atoms with Gasteiger partial charge in [0.05, 0.1) is 30.6 Å². The number of rotatable bonds is 4. The number of nitrogens with zero attached hydrogens (tertiary/aromatic N) is 2. The Kier molecular flexibility index (Phi) is 4.16. The smallest absolute Gasteiger partial charge is 0.0892 e. The van der Waals surface area contributed by atoms with Crippen molar-refractivity contribution < 1.29 is 9.47 Å². The summed E-state index contributed by atoms with van der Waals surface area (Å²) in [7, 11) is 0. The number of aromatic nitrogens is 1. The molecule has 0 unspecified atom stereocenters. The van der Waals surface area contributed by atoms with E-state index in [1.54, 1.807) is 0 Å². The summed E-state index contributed by atoms with van der Waals surface area (Å²) in [5.74, 6) is 0. The maximum Gasteiger partial charge on any atom is 0.0892 e. The van der Waals surface area contributed by atoms with Crippen LogP contribution in [0.5, 0.6) is 0 Å². The molecular formula is C18H26N2O2. The SMILES string of the molecule is c1ccc(CO[C@@H]2COC3(CCN(C4CCC4)CC3)C2)nc1. The number of likely N-dealkylation sites (tertiary alicyclic amines) is 1. The normalized spacial score (nSPS) is 28.8. The number of hydrogen-bond donors (Lipinski definition) is 0. The molecule has 1 saturated carbocycles. The van der Waals surface area contributed by atoms with Crippen molar-refractivity contribution in [1.29, 1.82) is 0 Å². The quantitative estimate of drug-likeness (QED) is 0.856. The molecule has 3 aliphatic rings. The third-order valence-corrected chi connectivity index (χ3v) is 5.67. The average Bonchev–Trinajstić information content (AvgIpc) is 2.90. The third kappa shape index (κ3) is 3.05. The molecule has 0 aromatic carbocycles. The van der Waals surface area contributed by atoms with Crippen LogP contribution >= 0.6 is 0 Å². The molecule has 22 heavy (non-hydrogen) atoms. The Balaban J connectivity index is 1.25. The maximum atomic E-state index is 6.19. The topological polar surface area (TPSA) is 34.6 Å². The van der Waals surface area contributed by atoms with Crippen molar-refractivity contribution in [2.75, 3.05) is 19.7 Å². The summed E-state index contributed by atoms with van der Waals surface area (Å²) >= 11 is 0. The van der Waals surface area contributed by atoms with Gasteiger partial charge < -0.3 is 14.4 Å². The minimum atomic E-state index is 0.0923. The van der Waals surface area contributed by atoms with Crippen LogP contribution in [0.25, 0.3) is 0 Å². The van der Waals surface area contributed by atoms with E-state index < -0.39 is 0 Å². The van der Waals surface area contributed by atoms with Crippen molar-refractivity contribution in [2.45, 2.75) is 62.9 Å². The van der Waals surface area contributed by atoms with E-state index in [4.69, 9.17) is 9.47 Å². The first kappa shape index (κ1) is 14.6. The summed E-state index contributed by atoms with van der Waals surface area (Å²) in [6.07, 6.45) is 9.69. The van der Waals surface area contributed by atoms with Gasteiger partial charge in [0.1, 0.15) is 0 Å². The second kappa shape index (κ2) is 6.26. The fourth-order valence-corrected chi connectivity index (χ4v) is 3.99.